The van der Waals surface area contributed by atoms with E-state index in [0.717, 1.165) is 12.1 Å². The van der Waals surface area contributed by atoms with Crippen LogP contribution in [0.5, 0.6) is 0 Å². The van der Waals surface area contributed by atoms with Gasteiger partial charge >= 0.3 is 6.18 Å². The number of nitrogens with one attached hydrogen (secondary N) is 2. The molecule has 1 aromatic carbocycles. The van der Waals surface area contributed by atoms with Gasteiger partial charge in [-0.05, 0) is 55.7 Å². The topological polar surface area (TPSA) is 104 Å². The highest BCUT2D eigenvalue weighted by atomic mass is 19.4. The summed E-state index contributed by atoms with van der Waals surface area (Å²) in [5, 5.41) is 15.7. The lowest BCUT2D eigenvalue weighted by Crippen LogP contribution is -2.19. The molecule has 0 bridgehead atoms. The van der Waals surface area contributed by atoms with Gasteiger partial charge in [-0.3, -0.25) is 9.59 Å². The molecule has 7 nitrogen and oxygen atoms in total. The molecule has 0 aliphatic rings. The number of anilines is 1. The number of carbonyl (C=O) groups excluding carboxylic acids is 1. The maximum atomic E-state index is 13.2. The van der Waals surface area contributed by atoms with Crippen molar-refractivity contribution in [2.24, 2.45) is 0 Å². The number of carbonyl (C=O) groups is 1. The largest absolute Gasteiger partial charge is 0.416 e. The van der Waals surface area contributed by atoms with Crippen LogP contribution in [0.2, 0.25) is 0 Å². The zero-order valence-electron chi connectivity index (χ0n) is 16.7. The quantitative estimate of drug-likeness (QED) is 0.646. The lowest BCUT2D eigenvalue weighted by molar-refractivity contribution is -0.137. The summed E-state index contributed by atoms with van der Waals surface area (Å²) in [6.45, 7) is 3.28. The van der Waals surface area contributed by atoms with Crippen LogP contribution in [0.4, 0.5) is 18.9 Å². The first-order chi connectivity index (χ1) is 14.6. The molecular formula is C21H18F3N5O2. The van der Waals surface area contributed by atoms with Gasteiger partial charge in [0.2, 0.25) is 5.91 Å². The average Bonchev–Trinajstić information content (AvgIpc) is 3.21. The van der Waals surface area contributed by atoms with E-state index in [9.17, 15) is 22.8 Å². The Hall–Kier alpha value is -3.87. The number of aromatic nitrogens is 3. The summed E-state index contributed by atoms with van der Waals surface area (Å²) in [6, 6.07) is 6.47. The van der Waals surface area contributed by atoms with Crippen LogP contribution in [0.25, 0.3) is 5.69 Å². The molecule has 0 aliphatic carbocycles. The van der Waals surface area contributed by atoms with Gasteiger partial charge in [0.15, 0.2) is 0 Å². The van der Waals surface area contributed by atoms with Gasteiger partial charge in [0.05, 0.1) is 16.9 Å². The number of halogens is 3. The maximum absolute atomic E-state index is 13.2. The molecule has 2 N–H and O–H groups in total. The molecule has 3 rings (SSSR count). The molecule has 0 radical (unpaired) electrons. The molecule has 1 amide bonds. The highest BCUT2D eigenvalue weighted by molar-refractivity contribution is 5.93. The molecular weight excluding hydrogens is 411 g/mol. The van der Waals surface area contributed by atoms with Crippen molar-refractivity contribution in [1.29, 1.82) is 5.26 Å². The molecule has 10 heteroatoms. The molecule has 0 saturated heterocycles. The van der Waals surface area contributed by atoms with Gasteiger partial charge in [-0.2, -0.15) is 23.5 Å². The normalized spacial score (nSPS) is 11.2. The first kappa shape index (κ1) is 21.8. The van der Waals surface area contributed by atoms with Crippen molar-refractivity contribution in [3.63, 3.8) is 0 Å². The zero-order valence-corrected chi connectivity index (χ0v) is 16.7. The van der Waals surface area contributed by atoms with E-state index in [4.69, 9.17) is 5.26 Å². The number of amides is 1. The van der Waals surface area contributed by atoms with Crippen LogP contribution in [0.15, 0.2) is 41.5 Å². The number of H-pyrrole nitrogens is 1. The summed E-state index contributed by atoms with van der Waals surface area (Å²) in [7, 11) is 0. The van der Waals surface area contributed by atoms with E-state index in [1.165, 1.54) is 16.9 Å². The minimum atomic E-state index is -4.57. The van der Waals surface area contributed by atoms with Crippen LogP contribution in [0.3, 0.4) is 0 Å². The highest BCUT2D eigenvalue weighted by Crippen LogP contribution is 2.33. The van der Waals surface area contributed by atoms with Crippen LogP contribution in [0, 0.1) is 25.2 Å². The second kappa shape index (κ2) is 8.47. The number of alkyl halides is 3. The number of pyridine rings is 1. The molecule has 0 atom stereocenters. The monoisotopic (exact) mass is 429 g/mol. The Morgan fingerprint density at radius 1 is 1.32 bits per heavy atom. The van der Waals surface area contributed by atoms with E-state index in [0.29, 0.717) is 16.8 Å². The molecule has 0 spiro atoms. The van der Waals surface area contributed by atoms with Crippen molar-refractivity contribution in [1.82, 2.24) is 14.8 Å². The number of nitriles is 1. The van der Waals surface area contributed by atoms with Gasteiger partial charge in [-0.1, -0.05) is 0 Å². The van der Waals surface area contributed by atoms with Gasteiger partial charge in [0, 0.05) is 24.5 Å². The lowest BCUT2D eigenvalue weighted by Gasteiger charge is -2.15. The lowest BCUT2D eigenvalue weighted by atomic mass is 9.99. The van der Waals surface area contributed by atoms with Crippen molar-refractivity contribution in [3.05, 3.63) is 75.0 Å². The van der Waals surface area contributed by atoms with Crippen molar-refractivity contribution in [2.45, 2.75) is 32.9 Å². The van der Waals surface area contributed by atoms with Crippen molar-refractivity contribution in [3.8, 4) is 11.8 Å². The molecule has 0 unspecified atom stereocenters. The molecule has 160 valence electrons. The number of hydrogen-bond acceptors (Lipinski definition) is 4. The van der Waals surface area contributed by atoms with Crippen LogP contribution in [-0.4, -0.2) is 20.7 Å². The fraction of sp³-hybridized carbons (Fsp3) is 0.238. The predicted molar refractivity (Wildman–Crippen MR) is 107 cm³/mol. The molecule has 0 aliphatic heterocycles. The van der Waals surface area contributed by atoms with Crippen molar-refractivity contribution >= 4 is 11.6 Å². The van der Waals surface area contributed by atoms with E-state index in [1.807, 2.05) is 6.07 Å². The Bertz CT molecular complexity index is 1220. The Balaban J connectivity index is 1.86. The van der Waals surface area contributed by atoms with Crippen LogP contribution >= 0.6 is 0 Å². The molecule has 2 heterocycles. The van der Waals surface area contributed by atoms with Crippen LogP contribution < -0.4 is 10.9 Å². The number of aromatic amines is 1. The van der Waals surface area contributed by atoms with Crippen LogP contribution in [-0.2, 0) is 17.4 Å². The minimum Gasteiger partial charge on any atom is -0.325 e. The van der Waals surface area contributed by atoms with Gasteiger partial charge < -0.3 is 10.3 Å². The number of benzene rings is 1. The molecule has 3 aromatic rings. The van der Waals surface area contributed by atoms with Crippen molar-refractivity contribution < 1.29 is 18.0 Å². The minimum absolute atomic E-state index is 0.0279. The fourth-order valence-corrected chi connectivity index (χ4v) is 3.30. The highest BCUT2D eigenvalue weighted by Gasteiger charge is 2.31. The first-order valence-electron chi connectivity index (χ1n) is 9.25. The van der Waals surface area contributed by atoms with E-state index in [1.54, 1.807) is 26.1 Å². The average molecular weight is 429 g/mol. The second-order valence-electron chi connectivity index (χ2n) is 6.90. The van der Waals surface area contributed by atoms with E-state index in [2.05, 4.69) is 15.4 Å². The van der Waals surface area contributed by atoms with Gasteiger partial charge in [0.25, 0.3) is 5.56 Å². The fourth-order valence-electron chi connectivity index (χ4n) is 3.30. The Labute approximate surface area is 175 Å². The van der Waals surface area contributed by atoms with Crippen molar-refractivity contribution in [2.75, 3.05) is 5.32 Å². The zero-order chi connectivity index (χ0) is 22.8. The molecule has 0 fully saturated rings. The van der Waals surface area contributed by atoms with E-state index < -0.39 is 23.2 Å². The third-order valence-corrected chi connectivity index (χ3v) is 4.87. The summed E-state index contributed by atoms with van der Waals surface area (Å²) >= 11 is 0. The summed E-state index contributed by atoms with van der Waals surface area (Å²) in [5.41, 5.74) is 0.481. The SMILES string of the molecule is Cc1[nH]c(=O)c(C#N)c(C)c1CCC(=O)Nc1cc(C(F)(F)F)ccc1-n1cccn1. The van der Waals surface area contributed by atoms with Crippen LogP contribution in [0.1, 0.15) is 34.4 Å². The van der Waals surface area contributed by atoms with E-state index in [-0.39, 0.29) is 29.8 Å². The third-order valence-electron chi connectivity index (χ3n) is 4.87. The smallest absolute Gasteiger partial charge is 0.325 e. The predicted octanol–water partition coefficient (Wildman–Crippen LogP) is 3.64. The Kier molecular flexibility index (Phi) is 5.97. The number of aryl methyl sites for hydroxylation is 1. The van der Waals surface area contributed by atoms with E-state index >= 15 is 0 Å². The van der Waals surface area contributed by atoms with Gasteiger partial charge in [-0.25, -0.2) is 4.68 Å². The number of rotatable bonds is 5. The Morgan fingerprint density at radius 2 is 2.06 bits per heavy atom. The molecule has 2 aromatic heterocycles. The number of nitrogens with zero attached hydrogens (tertiary/aromatic N) is 3. The molecule has 31 heavy (non-hydrogen) atoms. The summed E-state index contributed by atoms with van der Waals surface area (Å²) < 4.78 is 40.8. The first-order valence-corrected chi connectivity index (χ1v) is 9.25. The molecule has 0 saturated carbocycles. The summed E-state index contributed by atoms with van der Waals surface area (Å²) in [6.07, 6.45) is -1.41. The third kappa shape index (κ3) is 4.66. The standard InChI is InChI=1S/C21H18F3N5O2/c1-12-15(13(2)27-20(31)16(12)11-25)5-7-19(30)28-17-10-14(21(22,23)24)4-6-18(17)29-9-3-8-26-29/h3-4,6,8-10H,5,7H2,1-2H3,(H,27,31)(H,28,30). The summed E-state index contributed by atoms with van der Waals surface area (Å²) in [4.78, 5) is 27.0. The number of hydrogen-bond donors (Lipinski definition) is 2. The second-order valence-corrected chi connectivity index (χ2v) is 6.90. The Morgan fingerprint density at radius 3 is 2.68 bits per heavy atom. The maximum Gasteiger partial charge on any atom is 0.416 e. The van der Waals surface area contributed by atoms with Gasteiger partial charge in [-0.15, -0.1) is 0 Å². The van der Waals surface area contributed by atoms with Gasteiger partial charge in [0.1, 0.15) is 11.6 Å². The summed E-state index contributed by atoms with van der Waals surface area (Å²) in [5.74, 6) is -0.517.